The Hall–Kier alpha value is -1.47. The quantitative estimate of drug-likeness (QED) is 0.120. The average Bonchev–Trinajstić information content (AvgIpc) is 2.99. The van der Waals surface area contributed by atoms with E-state index in [2.05, 4.69) is 10.6 Å². The van der Waals surface area contributed by atoms with Crippen LogP contribution in [-0.2, 0) is 23.7 Å². The molecule has 1 amide bonds. The summed E-state index contributed by atoms with van der Waals surface area (Å²) in [5.74, 6) is -0.201. The molecule has 15 nitrogen and oxygen atoms in total. The van der Waals surface area contributed by atoms with Gasteiger partial charge in [0.25, 0.3) is 0 Å². The molecule has 12 atom stereocenters. The molecule has 0 aromatic carbocycles. The fourth-order valence-corrected chi connectivity index (χ4v) is 5.32. The van der Waals surface area contributed by atoms with Gasteiger partial charge in [-0.3, -0.25) is 4.79 Å². The third-order valence-electron chi connectivity index (χ3n) is 7.49. The third-order valence-corrected chi connectivity index (χ3v) is 7.49. The highest BCUT2D eigenvalue weighted by molar-refractivity contribution is 5.80. The van der Waals surface area contributed by atoms with Gasteiger partial charge in [-0.25, -0.2) is 0 Å². The zero-order valence-electron chi connectivity index (χ0n) is 22.5. The summed E-state index contributed by atoms with van der Waals surface area (Å²) in [7, 11) is 1.61. The number of hydrogen-bond acceptors (Lipinski definition) is 14. The maximum absolute atomic E-state index is 12.6. The maximum Gasteiger partial charge on any atom is 0.249 e. The normalized spacial score (nSPS) is 42.2. The molecule has 1 saturated heterocycles. The van der Waals surface area contributed by atoms with Gasteiger partial charge in [0.2, 0.25) is 12.2 Å². The Balaban J connectivity index is 1.81. The molecule has 0 aromatic rings. The second kappa shape index (κ2) is 13.9. The number of likely N-dealkylation sites (N-methyl/N-ethyl adjacent to an activating group) is 1. The number of nitrogens with two attached hydrogens (primary N) is 4. The number of aliphatic hydroxyl groups is 4. The predicted octanol–water partition coefficient (Wildman–Crippen LogP) is -4.59. The van der Waals surface area contributed by atoms with Crippen LogP contribution in [0.1, 0.15) is 32.6 Å². The average molecular weight is 563 g/mol. The number of aliphatic hydroxyl groups excluding tert-OH is 3. The van der Waals surface area contributed by atoms with Crippen molar-refractivity contribution in [3.63, 3.8) is 0 Å². The molecule has 226 valence electrons. The summed E-state index contributed by atoms with van der Waals surface area (Å²) in [6, 6.07) is -2.89. The van der Waals surface area contributed by atoms with Gasteiger partial charge in [-0.1, -0.05) is 0 Å². The number of carbonyl (C=O) groups is 1. The first kappa shape index (κ1) is 32.0. The molecule has 0 radical (unpaired) electrons. The van der Waals surface area contributed by atoms with E-state index in [-0.39, 0.29) is 39.0 Å². The van der Waals surface area contributed by atoms with Gasteiger partial charge in [-0.05, 0) is 45.9 Å². The number of rotatable bonds is 10. The van der Waals surface area contributed by atoms with E-state index in [0.717, 1.165) is 0 Å². The summed E-state index contributed by atoms with van der Waals surface area (Å²) in [6.07, 6.45) is -5.65. The van der Waals surface area contributed by atoms with Gasteiger partial charge in [0.15, 0.2) is 6.29 Å². The van der Waals surface area contributed by atoms with E-state index in [4.69, 9.17) is 41.9 Å². The van der Waals surface area contributed by atoms with Crippen molar-refractivity contribution in [1.29, 1.82) is 0 Å². The summed E-state index contributed by atoms with van der Waals surface area (Å²) >= 11 is 0. The third kappa shape index (κ3) is 7.84. The van der Waals surface area contributed by atoms with Crippen LogP contribution in [0.3, 0.4) is 0 Å². The first-order valence-corrected chi connectivity index (χ1v) is 13.4. The first-order valence-electron chi connectivity index (χ1n) is 13.4. The zero-order valence-corrected chi connectivity index (χ0v) is 22.5. The lowest BCUT2D eigenvalue weighted by molar-refractivity contribution is -0.257. The molecule has 2 fully saturated rings. The number of nitrogens with one attached hydrogen (secondary N) is 2. The van der Waals surface area contributed by atoms with Crippen LogP contribution in [0.25, 0.3) is 0 Å². The van der Waals surface area contributed by atoms with Crippen molar-refractivity contribution >= 4 is 5.91 Å². The fraction of sp³-hybridized carbons (Fsp3) is 0.875. The molecule has 3 rings (SSSR count). The van der Waals surface area contributed by atoms with Gasteiger partial charge in [0, 0.05) is 12.5 Å². The summed E-state index contributed by atoms with van der Waals surface area (Å²) in [5.41, 5.74) is 22.3. The maximum atomic E-state index is 12.6. The Morgan fingerprint density at radius 2 is 1.92 bits per heavy atom. The van der Waals surface area contributed by atoms with Crippen molar-refractivity contribution in [2.75, 3.05) is 26.7 Å². The van der Waals surface area contributed by atoms with E-state index in [1.807, 2.05) is 0 Å². The Bertz CT molecular complexity index is 836. The number of ether oxygens (including phenoxy) is 4. The molecule has 39 heavy (non-hydrogen) atoms. The van der Waals surface area contributed by atoms with E-state index >= 15 is 0 Å². The van der Waals surface area contributed by atoms with Crippen LogP contribution in [0.5, 0.6) is 0 Å². The highest BCUT2D eigenvalue weighted by atomic mass is 16.7. The fourth-order valence-electron chi connectivity index (χ4n) is 5.32. The van der Waals surface area contributed by atoms with Crippen LogP contribution >= 0.6 is 0 Å². The van der Waals surface area contributed by atoms with E-state index in [0.29, 0.717) is 12.2 Å². The summed E-state index contributed by atoms with van der Waals surface area (Å²) < 4.78 is 23.7. The highest BCUT2D eigenvalue weighted by Gasteiger charge is 2.49. The lowest BCUT2D eigenvalue weighted by atomic mass is 9.83. The van der Waals surface area contributed by atoms with Crippen LogP contribution < -0.4 is 33.6 Å². The van der Waals surface area contributed by atoms with Gasteiger partial charge < -0.3 is 72.9 Å². The smallest absolute Gasteiger partial charge is 0.249 e. The van der Waals surface area contributed by atoms with E-state index < -0.39 is 78.8 Å². The van der Waals surface area contributed by atoms with Crippen molar-refractivity contribution in [3.8, 4) is 0 Å². The molecule has 2 unspecified atom stereocenters. The van der Waals surface area contributed by atoms with Gasteiger partial charge in [-0.15, -0.1) is 0 Å². The summed E-state index contributed by atoms with van der Waals surface area (Å²) in [6.45, 7) is 1.60. The summed E-state index contributed by atoms with van der Waals surface area (Å²) in [5, 5.41) is 48.6. The van der Waals surface area contributed by atoms with Crippen molar-refractivity contribution in [2.24, 2.45) is 22.9 Å². The van der Waals surface area contributed by atoms with Crippen molar-refractivity contribution in [2.45, 2.75) is 105 Å². The van der Waals surface area contributed by atoms with Crippen molar-refractivity contribution in [1.82, 2.24) is 10.6 Å². The minimum absolute atomic E-state index is 0.0384. The topological polar surface area (TPSA) is 263 Å². The minimum atomic E-state index is -1.41. The molecule has 15 heteroatoms. The summed E-state index contributed by atoms with van der Waals surface area (Å²) in [4.78, 5) is 12.6. The molecule has 2 aliphatic heterocycles. The van der Waals surface area contributed by atoms with E-state index in [1.54, 1.807) is 13.1 Å². The highest BCUT2D eigenvalue weighted by Crippen LogP contribution is 2.31. The van der Waals surface area contributed by atoms with Gasteiger partial charge in [-0.2, -0.15) is 0 Å². The lowest BCUT2D eigenvalue weighted by Gasteiger charge is -2.46. The molecule has 3 aliphatic rings. The van der Waals surface area contributed by atoms with Crippen molar-refractivity contribution < 1.29 is 44.2 Å². The van der Waals surface area contributed by atoms with Gasteiger partial charge in [0.1, 0.15) is 35.8 Å². The van der Waals surface area contributed by atoms with Crippen LogP contribution in [-0.4, -0.2) is 126 Å². The monoisotopic (exact) mass is 562 g/mol. The van der Waals surface area contributed by atoms with Gasteiger partial charge >= 0.3 is 0 Å². The number of carbonyl (C=O) groups excluding carboxylic acids is 1. The molecule has 14 N–H and O–H groups in total. The second-order valence-electron chi connectivity index (χ2n) is 10.7. The molecule has 0 aromatic heterocycles. The SMILES string of the molecule is CN[C@@H]1C(O)C[C@@H](O[C@@H]2[C@@H](O)[C@H](OC3OC(CN)=CC[C@H]3N)[C@@H](N)C[C@H]2NC(=O)[C@@H](O)CCN)OC[C@]1(C)O. The Morgan fingerprint density at radius 3 is 2.56 bits per heavy atom. The largest absolute Gasteiger partial charge is 0.467 e. The molecule has 0 spiro atoms. The van der Waals surface area contributed by atoms with Crippen LogP contribution in [0.2, 0.25) is 0 Å². The molecular formula is C24H46N6O9. The van der Waals surface area contributed by atoms with Gasteiger partial charge in [0.05, 0.1) is 37.4 Å². The Morgan fingerprint density at radius 1 is 1.21 bits per heavy atom. The Labute approximate surface area is 228 Å². The van der Waals surface area contributed by atoms with E-state index in [9.17, 15) is 25.2 Å². The number of hydrogen-bond donors (Lipinski definition) is 10. The zero-order chi connectivity index (χ0) is 28.9. The molecule has 1 saturated carbocycles. The second-order valence-corrected chi connectivity index (χ2v) is 10.7. The first-order chi connectivity index (χ1) is 18.4. The van der Waals surface area contributed by atoms with Crippen molar-refractivity contribution in [3.05, 3.63) is 11.8 Å². The standard InChI is InChI=1S/C24H46N6O9/c1-24(35)10-36-17(8-16(32)21(24)29-2)38-20-14(30-22(34)15(31)5-6-25)7-13(28)19(18(20)33)39-23-12(27)4-3-11(9-26)37-23/h3,12-21,23,29,31-33,35H,4-10,25-28H2,1-2H3,(H,30,34)/t12-,13+,14-,15+,16?,17-,18+,19-,20+,21-,23?,24+/m1/s1. The minimum Gasteiger partial charge on any atom is -0.467 e. The van der Waals surface area contributed by atoms with Crippen LogP contribution in [0, 0.1) is 0 Å². The Kier molecular flexibility index (Phi) is 11.5. The van der Waals surface area contributed by atoms with Crippen LogP contribution in [0.15, 0.2) is 11.8 Å². The number of amides is 1. The lowest BCUT2D eigenvalue weighted by Crippen LogP contribution is -2.66. The predicted molar refractivity (Wildman–Crippen MR) is 138 cm³/mol. The van der Waals surface area contributed by atoms with Crippen LogP contribution in [0.4, 0.5) is 0 Å². The molecule has 2 heterocycles. The molecule has 1 aliphatic carbocycles. The molecular weight excluding hydrogens is 516 g/mol. The van der Waals surface area contributed by atoms with E-state index in [1.165, 1.54) is 6.92 Å². The molecule has 0 bridgehead atoms.